The molecule has 0 unspecified atom stereocenters. The molecule has 136 valence electrons. The predicted octanol–water partition coefficient (Wildman–Crippen LogP) is 4.70. The summed E-state index contributed by atoms with van der Waals surface area (Å²) >= 11 is 0. The Bertz CT molecular complexity index is 983. The van der Waals surface area contributed by atoms with Crippen LogP contribution >= 0.6 is 24.8 Å². The molecule has 4 rings (SSSR count). The number of halogens is 2. The molecule has 2 aromatic heterocycles. The van der Waals surface area contributed by atoms with E-state index in [1.807, 2.05) is 54.1 Å². The number of aromatic amines is 1. The highest BCUT2D eigenvalue weighted by atomic mass is 35.5. The van der Waals surface area contributed by atoms with E-state index in [9.17, 15) is 0 Å². The number of rotatable bonds is 4. The molecule has 0 radical (unpaired) electrons. The normalized spacial score (nSPS) is 10.1. The zero-order chi connectivity index (χ0) is 16.5. The van der Waals surface area contributed by atoms with Crippen LogP contribution in [-0.2, 0) is 0 Å². The Morgan fingerprint density at radius 1 is 1.00 bits per heavy atom. The van der Waals surface area contributed by atoms with Gasteiger partial charge in [-0.2, -0.15) is 4.98 Å². The van der Waals surface area contributed by atoms with Gasteiger partial charge in [0, 0.05) is 18.0 Å². The summed E-state index contributed by atoms with van der Waals surface area (Å²) in [7, 11) is 1.63. The number of hydrogen-bond donors (Lipinski definition) is 1. The second-order valence-corrected chi connectivity index (χ2v) is 5.40. The minimum atomic E-state index is 0. The molecule has 8 heteroatoms. The summed E-state index contributed by atoms with van der Waals surface area (Å²) in [5.74, 6) is 1.48. The molecule has 0 amide bonds. The van der Waals surface area contributed by atoms with Crippen molar-refractivity contribution in [3.63, 3.8) is 0 Å². The number of nitrogens with zero attached hydrogens (tertiary/aromatic N) is 3. The minimum Gasteiger partial charge on any atom is -0.497 e. The summed E-state index contributed by atoms with van der Waals surface area (Å²) in [4.78, 5) is 11.9. The highest BCUT2D eigenvalue weighted by Crippen LogP contribution is 2.27. The summed E-state index contributed by atoms with van der Waals surface area (Å²) in [6.07, 6.45) is 5.44. The zero-order valence-corrected chi connectivity index (χ0v) is 15.8. The number of methoxy groups -OCH3 is 1. The van der Waals surface area contributed by atoms with Gasteiger partial charge in [-0.25, -0.2) is 4.98 Å². The van der Waals surface area contributed by atoms with Crippen LogP contribution in [-0.4, -0.2) is 26.6 Å². The summed E-state index contributed by atoms with van der Waals surface area (Å²) in [5, 5.41) is 0. The van der Waals surface area contributed by atoms with Crippen LogP contribution in [0.5, 0.6) is 17.5 Å². The zero-order valence-electron chi connectivity index (χ0n) is 14.2. The van der Waals surface area contributed by atoms with Crippen molar-refractivity contribution in [2.24, 2.45) is 0 Å². The lowest BCUT2D eigenvalue weighted by molar-refractivity contribution is 0.411. The lowest BCUT2D eigenvalue weighted by Gasteiger charge is -2.06. The van der Waals surface area contributed by atoms with E-state index < -0.39 is 0 Å². The maximum Gasteiger partial charge on any atom is 0.300 e. The van der Waals surface area contributed by atoms with Crippen LogP contribution in [0.15, 0.2) is 55.1 Å². The summed E-state index contributed by atoms with van der Waals surface area (Å²) in [6, 6.07) is 11.9. The molecule has 0 aliphatic carbocycles. The third-order valence-corrected chi connectivity index (χ3v) is 3.91. The minimum absolute atomic E-state index is 0. The third kappa shape index (κ3) is 3.61. The molecule has 2 aromatic carbocycles. The largest absolute Gasteiger partial charge is 0.497 e. The first-order valence-corrected chi connectivity index (χ1v) is 7.54. The topological polar surface area (TPSA) is 65.0 Å². The molecule has 0 aliphatic rings. The van der Waals surface area contributed by atoms with E-state index in [2.05, 4.69) is 15.0 Å². The summed E-state index contributed by atoms with van der Waals surface area (Å²) < 4.78 is 12.9. The van der Waals surface area contributed by atoms with Gasteiger partial charge in [-0.1, -0.05) is 0 Å². The number of aromatic nitrogens is 4. The van der Waals surface area contributed by atoms with Gasteiger partial charge in [-0.3, -0.25) is 0 Å². The smallest absolute Gasteiger partial charge is 0.300 e. The second kappa shape index (κ2) is 8.12. The standard InChI is InChI=1S/C18H16N4O2.2ClH/c1-12-16(22-10-9-19-11-22)8-7-15-17(12)21-18(20-15)24-14-5-3-13(23-2)4-6-14;;/h3-11H,1-2H3,(H,20,21);2*1H. The molecular weight excluding hydrogens is 375 g/mol. The van der Waals surface area contributed by atoms with E-state index in [4.69, 9.17) is 9.47 Å². The van der Waals surface area contributed by atoms with Crippen LogP contribution in [0.3, 0.4) is 0 Å². The maximum absolute atomic E-state index is 5.81. The van der Waals surface area contributed by atoms with Crippen LogP contribution in [0.25, 0.3) is 16.7 Å². The average molecular weight is 393 g/mol. The number of H-pyrrole nitrogens is 1. The molecule has 4 aromatic rings. The van der Waals surface area contributed by atoms with E-state index in [1.165, 1.54) is 0 Å². The van der Waals surface area contributed by atoms with Crippen molar-refractivity contribution in [2.45, 2.75) is 6.92 Å². The molecule has 0 fully saturated rings. The number of aryl methyl sites for hydroxylation is 1. The molecular formula is C18H18Cl2N4O2. The number of fused-ring (bicyclic) bond motifs is 1. The monoisotopic (exact) mass is 392 g/mol. The van der Waals surface area contributed by atoms with E-state index in [0.717, 1.165) is 28.0 Å². The van der Waals surface area contributed by atoms with Crippen molar-refractivity contribution in [2.75, 3.05) is 7.11 Å². The molecule has 26 heavy (non-hydrogen) atoms. The third-order valence-electron chi connectivity index (χ3n) is 3.91. The van der Waals surface area contributed by atoms with Gasteiger partial charge in [0.1, 0.15) is 11.5 Å². The second-order valence-electron chi connectivity index (χ2n) is 5.40. The Balaban J connectivity index is 0.00000121. The Labute approximate surface area is 163 Å². The van der Waals surface area contributed by atoms with Crippen molar-refractivity contribution in [1.82, 2.24) is 19.5 Å². The van der Waals surface area contributed by atoms with Gasteiger partial charge in [-0.15, -0.1) is 24.8 Å². The molecule has 0 spiro atoms. The number of nitrogens with one attached hydrogen (secondary N) is 1. The fourth-order valence-corrected chi connectivity index (χ4v) is 2.66. The van der Waals surface area contributed by atoms with Gasteiger partial charge >= 0.3 is 0 Å². The van der Waals surface area contributed by atoms with Gasteiger partial charge in [-0.05, 0) is 43.3 Å². The van der Waals surface area contributed by atoms with E-state index in [-0.39, 0.29) is 24.8 Å². The van der Waals surface area contributed by atoms with Crippen molar-refractivity contribution in [1.29, 1.82) is 0 Å². The van der Waals surface area contributed by atoms with Crippen LogP contribution in [0.2, 0.25) is 0 Å². The summed E-state index contributed by atoms with van der Waals surface area (Å²) in [6.45, 7) is 2.04. The quantitative estimate of drug-likeness (QED) is 0.546. The van der Waals surface area contributed by atoms with Crippen LogP contribution < -0.4 is 9.47 Å². The molecule has 6 nitrogen and oxygen atoms in total. The lowest BCUT2D eigenvalue weighted by Crippen LogP contribution is -1.94. The SMILES string of the molecule is COc1ccc(Oc2nc3c(C)c(-n4ccnc4)ccc3[nH]2)cc1.Cl.Cl. The van der Waals surface area contributed by atoms with E-state index in [0.29, 0.717) is 11.8 Å². The Hall–Kier alpha value is -2.70. The van der Waals surface area contributed by atoms with Crippen molar-refractivity contribution in [3.8, 4) is 23.2 Å². The van der Waals surface area contributed by atoms with Gasteiger partial charge in [0.2, 0.25) is 0 Å². The molecule has 0 saturated heterocycles. The Kier molecular flexibility index (Phi) is 6.13. The first-order chi connectivity index (χ1) is 11.7. The fourth-order valence-electron chi connectivity index (χ4n) is 2.66. The van der Waals surface area contributed by atoms with Crippen LogP contribution in [0.1, 0.15) is 5.56 Å². The number of benzene rings is 2. The molecule has 1 N–H and O–H groups in total. The predicted molar refractivity (Wildman–Crippen MR) is 106 cm³/mol. The molecule has 0 saturated carbocycles. The number of hydrogen-bond acceptors (Lipinski definition) is 4. The highest BCUT2D eigenvalue weighted by Gasteiger charge is 2.11. The maximum atomic E-state index is 5.81. The van der Waals surface area contributed by atoms with Gasteiger partial charge in [0.15, 0.2) is 0 Å². The van der Waals surface area contributed by atoms with Gasteiger partial charge in [0.25, 0.3) is 6.01 Å². The van der Waals surface area contributed by atoms with Crippen LogP contribution in [0, 0.1) is 6.92 Å². The molecule has 0 atom stereocenters. The van der Waals surface area contributed by atoms with E-state index >= 15 is 0 Å². The average Bonchev–Trinajstić information content (AvgIpc) is 3.26. The highest BCUT2D eigenvalue weighted by molar-refractivity contribution is 5.85. The van der Waals surface area contributed by atoms with Crippen LogP contribution in [0.4, 0.5) is 0 Å². The Morgan fingerprint density at radius 3 is 2.38 bits per heavy atom. The Morgan fingerprint density at radius 2 is 1.73 bits per heavy atom. The fraction of sp³-hybridized carbons (Fsp3) is 0.111. The summed E-state index contributed by atoms with van der Waals surface area (Å²) in [5.41, 5.74) is 3.92. The van der Waals surface area contributed by atoms with E-state index in [1.54, 1.807) is 19.6 Å². The van der Waals surface area contributed by atoms with Gasteiger partial charge in [0.05, 0.1) is 30.2 Å². The first kappa shape index (κ1) is 19.6. The molecule has 0 bridgehead atoms. The van der Waals surface area contributed by atoms with Crippen molar-refractivity contribution in [3.05, 3.63) is 60.7 Å². The van der Waals surface area contributed by atoms with Gasteiger partial charge < -0.3 is 19.0 Å². The molecule has 0 aliphatic heterocycles. The lowest BCUT2D eigenvalue weighted by atomic mass is 10.1. The number of ether oxygens (including phenoxy) is 2. The van der Waals surface area contributed by atoms with Crippen molar-refractivity contribution < 1.29 is 9.47 Å². The molecule has 2 heterocycles. The number of imidazole rings is 2. The first-order valence-electron chi connectivity index (χ1n) is 7.54. The van der Waals surface area contributed by atoms with Crippen molar-refractivity contribution >= 4 is 35.8 Å².